The second-order valence-electron chi connectivity index (χ2n) is 7.46. The van der Waals surface area contributed by atoms with E-state index in [2.05, 4.69) is 34.7 Å². The molecule has 0 saturated heterocycles. The zero-order chi connectivity index (χ0) is 20.4. The number of nitrogens with one attached hydrogen (secondary N) is 1. The molecule has 0 aliphatic heterocycles. The number of carbonyl (C=O) groups excluding carboxylic acids is 1. The zero-order valence-corrected chi connectivity index (χ0v) is 17.0. The molecule has 7 heteroatoms. The number of hydrogen-bond donors (Lipinski definition) is 1. The van der Waals surface area contributed by atoms with Gasteiger partial charge in [0.25, 0.3) is 0 Å². The van der Waals surface area contributed by atoms with Crippen LogP contribution in [0.3, 0.4) is 0 Å². The van der Waals surface area contributed by atoms with Crippen LogP contribution in [-0.2, 0) is 17.8 Å². The molecule has 1 amide bonds. The maximum atomic E-state index is 12.8. The SMILES string of the molecule is Cc1ccc(CCNC(=O)Cn2nc(-c3ccc(Cl)cc3)n(C3CC3)c2=O)cc1. The van der Waals surface area contributed by atoms with E-state index in [0.717, 1.165) is 30.4 Å². The molecule has 0 spiro atoms. The number of amides is 1. The number of nitrogens with zero attached hydrogens (tertiary/aromatic N) is 3. The second-order valence-corrected chi connectivity index (χ2v) is 7.89. The van der Waals surface area contributed by atoms with Gasteiger partial charge in [0.15, 0.2) is 5.82 Å². The molecular weight excluding hydrogens is 388 g/mol. The second kappa shape index (κ2) is 8.25. The minimum Gasteiger partial charge on any atom is -0.354 e. The van der Waals surface area contributed by atoms with Crippen LogP contribution in [0.15, 0.2) is 53.3 Å². The summed E-state index contributed by atoms with van der Waals surface area (Å²) in [6.07, 6.45) is 2.65. The number of carbonyl (C=O) groups is 1. The minimum atomic E-state index is -0.244. The van der Waals surface area contributed by atoms with Crippen molar-refractivity contribution in [2.45, 2.75) is 38.8 Å². The number of benzene rings is 2. The van der Waals surface area contributed by atoms with Crippen molar-refractivity contribution in [1.82, 2.24) is 19.7 Å². The number of rotatable bonds is 7. The lowest BCUT2D eigenvalue weighted by Crippen LogP contribution is -2.34. The van der Waals surface area contributed by atoms with E-state index in [4.69, 9.17) is 11.6 Å². The Balaban J connectivity index is 1.45. The summed E-state index contributed by atoms with van der Waals surface area (Å²) < 4.78 is 2.95. The Bertz CT molecular complexity index is 1060. The highest BCUT2D eigenvalue weighted by Gasteiger charge is 2.30. The van der Waals surface area contributed by atoms with Crippen LogP contribution in [0.5, 0.6) is 0 Å². The first-order valence-electron chi connectivity index (χ1n) is 9.79. The predicted octanol–water partition coefficient (Wildman–Crippen LogP) is 3.37. The Hall–Kier alpha value is -2.86. The third-order valence-electron chi connectivity index (χ3n) is 5.03. The van der Waals surface area contributed by atoms with Gasteiger partial charge in [-0.1, -0.05) is 41.4 Å². The van der Waals surface area contributed by atoms with Gasteiger partial charge in [0.1, 0.15) is 6.54 Å². The summed E-state index contributed by atoms with van der Waals surface area (Å²) in [5.41, 5.74) is 2.94. The molecule has 1 heterocycles. The van der Waals surface area contributed by atoms with Crippen LogP contribution in [0.1, 0.15) is 30.0 Å². The quantitative estimate of drug-likeness (QED) is 0.649. The van der Waals surface area contributed by atoms with E-state index < -0.39 is 0 Å². The van der Waals surface area contributed by atoms with Crippen molar-refractivity contribution in [3.8, 4) is 11.4 Å². The van der Waals surface area contributed by atoms with Crippen LogP contribution in [0, 0.1) is 6.92 Å². The molecule has 29 heavy (non-hydrogen) atoms. The topological polar surface area (TPSA) is 68.9 Å². The first-order valence-corrected chi connectivity index (χ1v) is 10.2. The monoisotopic (exact) mass is 410 g/mol. The van der Waals surface area contributed by atoms with Crippen LogP contribution in [0.4, 0.5) is 0 Å². The van der Waals surface area contributed by atoms with E-state index in [1.54, 1.807) is 16.7 Å². The van der Waals surface area contributed by atoms with Gasteiger partial charge in [-0.3, -0.25) is 9.36 Å². The Morgan fingerprint density at radius 2 is 1.83 bits per heavy atom. The molecule has 0 atom stereocenters. The normalized spacial score (nSPS) is 13.4. The molecule has 0 unspecified atom stereocenters. The molecule has 1 aliphatic carbocycles. The van der Waals surface area contributed by atoms with Crippen molar-refractivity contribution in [2.75, 3.05) is 6.54 Å². The summed E-state index contributed by atoms with van der Waals surface area (Å²) in [6, 6.07) is 15.6. The van der Waals surface area contributed by atoms with Crippen molar-refractivity contribution in [3.63, 3.8) is 0 Å². The van der Waals surface area contributed by atoms with E-state index in [1.165, 1.54) is 10.2 Å². The highest BCUT2D eigenvalue weighted by molar-refractivity contribution is 6.30. The van der Waals surface area contributed by atoms with Gasteiger partial charge in [0, 0.05) is 23.2 Å². The van der Waals surface area contributed by atoms with Gasteiger partial charge in [0.05, 0.1) is 0 Å². The smallest absolute Gasteiger partial charge is 0.346 e. The lowest BCUT2D eigenvalue weighted by Gasteiger charge is -2.05. The molecule has 1 aliphatic rings. The summed E-state index contributed by atoms with van der Waals surface area (Å²) in [7, 11) is 0. The van der Waals surface area contributed by atoms with Gasteiger partial charge < -0.3 is 5.32 Å². The summed E-state index contributed by atoms with van der Waals surface area (Å²) in [6.45, 7) is 2.47. The molecule has 6 nitrogen and oxygen atoms in total. The molecule has 1 N–H and O–H groups in total. The maximum absolute atomic E-state index is 12.8. The van der Waals surface area contributed by atoms with Crippen molar-refractivity contribution < 1.29 is 4.79 Å². The molecule has 150 valence electrons. The van der Waals surface area contributed by atoms with E-state index in [1.807, 2.05) is 19.1 Å². The van der Waals surface area contributed by atoms with E-state index in [9.17, 15) is 9.59 Å². The maximum Gasteiger partial charge on any atom is 0.346 e. The van der Waals surface area contributed by atoms with Gasteiger partial charge in [-0.05, 0) is 56.0 Å². The van der Waals surface area contributed by atoms with Crippen molar-refractivity contribution in [3.05, 3.63) is 75.2 Å². The standard InChI is InChI=1S/C22H23ClN4O2/c1-15-2-4-16(5-3-15)12-13-24-20(28)14-26-22(29)27(19-10-11-19)21(25-26)17-6-8-18(23)9-7-17/h2-9,19H,10-14H2,1H3,(H,24,28). The zero-order valence-electron chi connectivity index (χ0n) is 16.3. The lowest BCUT2D eigenvalue weighted by molar-refractivity contribution is -0.121. The minimum absolute atomic E-state index is 0.0902. The molecule has 0 radical (unpaired) electrons. The van der Waals surface area contributed by atoms with Gasteiger partial charge in [-0.2, -0.15) is 0 Å². The van der Waals surface area contributed by atoms with Crippen molar-refractivity contribution in [2.24, 2.45) is 0 Å². The van der Waals surface area contributed by atoms with Crippen LogP contribution in [0.25, 0.3) is 11.4 Å². The number of hydrogen-bond acceptors (Lipinski definition) is 3. The molecule has 1 saturated carbocycles. The van der Waals surface area contributed by atoms with E-state index in [-0.39, 0.29) is 24.2 Å². The van der Waals surface area contributed by atoms with Crippen LogP contribution in [0.2, 0.25) is 5.02 Å². The van der Waals surface area contributed by atoms with Gasteiger partial charge in [0.2, 0.25) is 5.91 Å². The largest absolute Gasteiger partial charge is 0.354 e. The van der Waals surface area contributed by atoms with E-state index in [0.29, 0.717) is 17.4 Å². The molecule has 1 aromatic heterocycles. The van der Waals surface area contributed by atoms with Crippen molar-refractivity contribution in [1.29, 1.82) is 0 Å². The fourth-order valence-corrected chi connectivity index (χ4v) is 3.40. The van der Waals surface area contributed by atoms with Gasteiger partial charge >= 0.3 is 5.69 Å². The number of aryl methyl sites for hydroxylation is 1. The first-order chi connectivity index (χ1) is 14.0. The third kappa shape index (κ3) is 4.59. The molecule has 1 fully saturated rings. The fraction of sp³-hybridized carbons (Fsp3) is 0.318. The Kier molecular flexibility index (Phi) is 5.53. The predicted molar refractivity (Wildman–Crippen MR) is 113 cm³/mol. The first kappa shape index (κ1) is 19.5. The number of halogens is 1. The lowest BCUT2D eigenvalue weighted by atomic mass is 10.1. The Morgan fingerprint density at radius 1 is 1.14 bits per heavy atom. The summed E-state index contributed by atoms with van der Waals surface area (Å²) in [5, 5.41) is 7.95. The van der Waals surface area contributed by atoms with Gasteiger partial charge in [-0.25, -0.2) is 9.48 Å². The van der Waals surface area contributed by atoms with E-state index >= 15 is 0 Å². The average Bonchev–Trinajstić information content (AvgIpc) is 3.49. The molecule has 3 aromatic rings. The van der Waals surface area contributed by atoms with Crippen LogP contribution < -0.4 is 11.0 Å². The highest BCUT2D eigenvalue weighted by atomic mass is 35.5. The third-order valence-corrected chi connectivity index (χ3v) is 5.29. The molecule has 0 bridgehead atoms. The summed E-state index contributed by atoms with van der Waals surface area (Å²) in [4.78, 5) is 25.2. The van der Waals surface area contributed by atoms with Crippen LogP contribution >= 0.6 is 11.6 Å². The Labute approximate surface area is 174 Å². The number of aromatic nitrogens is 3. The van der Waals surface area contributed by atoms with Crippen LogP contribution in [-0.4, -0.2) is 26.8 Å². The molecular formula is C22H23ClN4O2. The molecule has 4 rings (SSSR count). The molecule has 2 aromatic carbocycles. The summed E-state index contributed by atoms with van der Waals surface area (Å²) in [5.74, 6) is 0.365. The van der Waals surface area contributed by atoms with Gasteiger partial charge in [-0.15, -0.1) is 5.10 Å². The average molecular weight is 411 g/mol. The Morgan fingerprint density at radius 3 is 2.48 bits per heavy atom. The highest BCUT2D eigenvalue weighted by Crippen LogP contribution is 2.36. The van der Waals surface area contributed by atoms with Crippen molar-refractivity contribution >= 4 is 17.5 Å². The fourth-order valence-electron chi connectivity index (χ4n) is 3.27. The summed E-state index contributed by atoms with van der Waals surface area (Å²) >= 11 is 5.97.